The van der Waals surface area contributed by atoms with Gasteiger partial charge in [0.25, 0.3) is 0 Å². The molecule has 0 radical (unpaired) electrons. The molecular weight excluding hydrogens is 336 g/mol. The van der Waals surface area contributed by atoms with Gasteiger partial charge in [-0.05, 0) is 25.3 Å². The van der Waals surface area contributed by atoms with Gasteiger partial charge >= 0.3 is 0 Å². The average Bonchev–Trinajstić information content (AvgIpc) is 3.34. The lowest BCUT2D eigenvalue weighted by molar-refractivity contribution is 0.0358. The van der Waals surface area contributed by atoms with Crippen LogP contribution in [0.4, 0.5) is 0 Å². The number of imidazole rings is 1. The van der Waals surface area contributed by atoms with Gasteiger partial charge in [-0.25, -0.2) is 4.98 Å². The molecule has 1 saturated heterocycles. The molecule has 0 unspecified atom stereocenters. The van der Waals surface area contributed by atoms with E-state index in [9.17, 15) is 0 Å². The summed E-state index contributed by atoms with van der Waals surface area (Å²) in [7, 11) is 0. The SMILES string of the molecule is CCO[C@@H]1COC[C@H]1n1cnc(-c2ccccc2)c1CCc1ccccc1. The molecule has 0 spiro atoms. The molecule has 140 valence electrons. The first-order valence-electron chi connectivity index (χ1n) is 9.71. The Morgan fingerprint density at radius 3 is 2.48 bits per heavy atom. The van der Waals surface area contributed by atoms with Gasteiger partial charge in [0, 0.05) is 17.9 Å². The van der Waals surface area contributed by atoms with Crippen molar-refractivity contribution in [3.63, 3.8) is 0 Å². The monoisotopic (exact) mass is 362 g/mol. The van der Waals surface area contributed by atoms with Crippen LogP contribution in [-0.4, -0.2) is 35.5 Å². The Labute approximate surface area is 160 Å². The maximum absolute atomic E-state index is 5.93. The summed E-state index contributed by atoms with van der Waals surface area (Å²) in [6, 6.07) is 21.2. The predicted molar refractivity (Wildman–Crippen MR) is 107 cm³/mol. The van der Waals surface area contributed by atoms with Crippen LogP contribution in [0.15, 0.2) is 67.0 Å². The zero-order valence-electron chi connectivity index (χ0n) is 15.8. The Morgan fingerprint density at radius 2 is 1.74 bits per heavy atom. The molecule has 2 atom stereocenters. The molecule has 27 heavy (non-hydrogen) atoms. The Bertz CT molecular complexity index is 845. The van der Waals surface area contributed by atoms with E-state index in [1.54, 1.807) is 0 Å². The largest absolute Gasteiger partial charge is 0.376 e. The van der Waals surface area contributed by atoms with Crippen molar-refractivity contribution in [3.8, 4) is 11.3 Å². The number of hydrogen-bond donors (Lipinski definition) is 0. The number of nitrogens with zero attached hydrogens (tertiary/aromatic N) is 2. The molecule has 2 heterocycles. The number of hydrogen-bond acceptors (Lipinski definition) is 3. The Hall–Kier alpha value is -2.43. The summed E-state index contributed by atoms with van der Waals surface area (Å²) in [6.07, 6.45) is 3.97. The molecule has 0 saturated carbocycles. The summed E-state index contributed by atoms with van der Waals surface area (Å²) in [5, 5.41) is 0. The minimum Gasteiger partial charge on any atom is -0.376 e. The van der Waals surface area contributed by atoms with Crippen molar-refractivity contribution in [2.45, 2.75) is 31.9 Å². The number of aromatic nitrogens is 2. The highest BCUT2D eigenvalue weighted by Gasteiger charge is 2.32. The summed E-state index contributed by atoms with van der Waals surface area (Å²) >= 11 is 0. The second-order valence-corrected chi connectivity index (χ2v) is 6.90. The number of benzene rings is 2. The summed E-state index contributed by atoms with van der Waals surface area (Å²) in [5.41, 5.74) is 4.82. The van der Waals surface area contributed by atoms with Crippen molar-refractivity contribution in [3.05, 3.63) is 78.2 Å². The quantitative estimate of drug-likeness (QED) is 0.628. The van der Waals surface area contributed by atoms with Crippen molar-refractivity contribution >= 4 is 0 Å². The van der Waals surface area contributed by atoms with Crippen LogP contribution in [0.3, 0.4) is 0 Å². The standard InChI is InChI=1S/C23H26N2O2/c1-2-27-22-16-26-15-21(22)25-17-24-23(19-11-7-4-8-12-19)20(25)14-13-18-9-5-3-6-10-18/h3-12,17,21-22H,2,13-16H2,1H3/t21-,22-/m1/s1. The molecular formula is C23H26N2O2. The van der Waals surface area contributed by atoms with Crippen molar-refractivity contribution < 1.29 is 9.47 Å². The highest BCUT2D eigenvalue weighted by atomic mass is 16.5. The minimum atomic E-state index is 0.0864. The maximum Gasteiger partial charge on any atom is 0.104 e. The minimum absolute atomic E-state index is 0.0864. The van der Waals surface area contributed by atoms with E-state index in [4.69, 9.17) is 14.5 Å². The number of ether oxygens (including phenoxy) is 2. The zero-order chi connectivity index (χ0) is 18.5. The normalized spacial score (nSPS) is 19.4. The topological polar surface area (TPSA) is 36.3 Å². The second-order valence-electron chi connectivity index (χ2n) is 6.90. The summed E-state index contributed by atoms with van der Waals surface area (Å²) in [6.45, 7) is 4.06. The molecule has 4 nitrogen and oxygen atoms in total. The van der Waals surface area contributed by atoms with Crippen molar-refractivity contribution in [2.24, 2.45) is 0 Å². The fourth-order valence-electron chi connectivity index (χ4n) is 3.82. The first-order valence-corrected chi connectivity index (χ1v) is 9.71. The van der Waals surface area contributed by atoms with Crippen molar-refractivity contribution in [1.82, 2.24) is 9.55 Å². The summed E-state index contributed by atoms with van der Waals surface area (Å²) < 4.78 is 14.0. The van der Waals surface area contributed by atoms with E-state index in [1.807, 2.05) is 19.3 Å². The van der Waals surface area contributed by atoms with E-state index in [-0.39, 0.29) is 12.1 Å². The van der Waals surface area contributed by atoms with Gasteiger partial charge in [-0.15, -0.1) is 0 Å². The van der Waals surface area contributed by atoms with Crippen LogP contribution in [0, 0.1) is 0 Å². The van der Waals surface area contributed by atoms with Gasteiger partial charge in [-0.3, -0.25) is 0 Å². The first kappa shape index (κ1) is 18.0. The fraction of sp³-hybridized carbons (Fsp3) is 0.348. The van der Waals surface area contributed by atoms with E-state index < -0.39 is 0 Å². The van der Waals surface area contributed by atoms with E-state index in [1.165, 1.54) is 11.3 Å². The van der Waals surface area contributed by atoms with Crippen LogP contribution in [0.5, 0.6) is 0 Å². The third kappa shape index (κ3) is 3.97. The maximum atomic E-state index is 5.93. The average molecular weight is 362 g/mol. The van der Waals surface area contributed by atoms with Crippen molar-refractivity contribution in [2.75, 3.05) is 19.8 Å². The predicted octanol–water partition coefficient (Wildman–Crippen LogP) is 4.31. The molecule has 0 bridgehead atoms. The van der Waals surface area contributed by atoms with Gasteiger partial charge < -0.3 is 14.0 Å². The molecule has 3 aromatic rings. The van der Waals surface area contributed by atoms with Crippen molar-refractivity contribution in [1.29, 1.82) is 0 Å². The van der Waals surface area contributed by atoms with Gasteiger partial charge in [0.1, 0.15) is 6.10 Å². The van der Waals surface area contributed by atoms with Gasteiger partial charge in [0.05, 0.1) is 31.3 Å². The molecule has 4 heteroatoms. The van der Waals surface area contributed by atoms with Crippen LogP contribution in [-0.2, 0) is 22.3 Å². The zero-order valence-corrected chi connectivity index (χ0v) is 15.8. The van der Waals surface area contributed by atoms with Crippen LogP contribution in [0.25, 0.3) is 11.3 Å². The lowest BCUT2D eigenvalue weighted by Gasteiger charge is -2.21. The number of aryl methyl sites for hydroxylation is 1. The highest BCUT2D eigenvalue weighted by Crippen LogP contribution is 2.30. The molecule has 4 rings (SSSR count). The molecule has 1 fully saturated rings. The van der Waals surface area contributed by atoms with E-state index in [0.717, 1.165) is 24.1 Å². The third-order valence-electron chi connectivity index (χ3n) is 5.17. The lowest BCUT2D eigenvalue weighted by atomic mass is 10.0. The van der Waals surface area contributed by atoms with Gasteiger partial charge in [0.2, 0.25) is 0 Å². The highest BCUT2D eigenvalue weighted by molar-refractivity contribution is 5.62. The van der Waals surface area contributed by atoms with Crippen LogP contribution >= 0.6 is 0 Å². The Balaban J connectivity index is 1.67. The van der Waals surface area contributed by atoms with Gasteiger partial charge in [0.15, 0.2) is 0 Å². The van der Waals surface area contributed by atoms with Gasteiger partial charge in [-0.1, -0.05) is 60.7 Å². The molecule has 2 aromatic carbocycles. The Morgan fingerprint density at radius 1 is 1.00 bits per heavy atom. The molecule has 1 aromatic heterocycles. The Kier molecular flexibility index (Phi) is 5.66. The van der Waals surface area contributed by atoms with Crippen LogP contribution in [0.1, 0.15) is 24.2 Å². The summed E-state index contributed by atoms with van der Waals surface area (Å²) in [5.74, 6) is 0. The summed E-state index contributed by atoms with van der Waals surface area (Å²) in [4.78, 5) is 4.79. The molecule has 0 aliphatic carbocycles. The molecule has 1 aliphatic heterocycles. The first-order chi connectivity index (χ1) is 13.4. The van der Waals surface area contributed by atoms with Crippen LogP contribution in [0.2, 0.25) is 0 Å². The number of rotatable bonds is 7. The van der Waals surface area contributed by atoms with Gasteiger partial charge in [-0.2, -0.15) is 0 Å². The molecule has 0 N–H and O–H groups in total. The molecule has 0 amide bonds. The van der Waals surface area contributed by atoms with E-state index in [0.29, 0.717) is 19.8 Å². The van der Waals surface area contributed by atoms with Crippen LogP contribution < -0.4 is 0 Å². The molecule has 1 aliphatic rings. The smallest absolute Gasteiger partial charge is 0.104 e. The fourth-order valence-corrected chi connectivity index (χ4v) is 3.82. The second kappa shape index (κ2) is 8.51. The van der Waals surface area contributed by atoms with E-state index in [2.05, 4.69) is 59.2 Å². The third-order valence-corrected chi connectivity index (χ3v) is 5.17. The lowest BCUT2D eigenvalue weighted by Crippen LogP contribution is -2.26. The van der Waals surface area contributed by atoms with E-state index >= 15 is 0 Å².